The van der Waals surface area contributed by atoms with Crippen LogP contribution in [-0.2, 0) is 0 Å². The molecule has 0 bridgehead atoms. The standard InChI is InChI=1S/C9H20N2/c1-8(2)11-9(3)4-6-10-7-5-9/h8,10-11H,4-7H2,1-3H3. The Morgan fingerprint density at radius 1 is 1.27 bits per heavy atom. The summed E-state index contributed by atoms with van der Waals surface area (Å²) in [4.78, 5) is 0. The van der Waals surface area contributed by atoms with E-state index in [9.17, 15) is 0 Å². The van der Waals surface area contributed by atoms with Crippen molar-refractivity contribution >= 4 is 0 Å². The van der Waals surface area contributed by atoms with Gasteiger partial charge in [0, 0.05) is 11.6 Å². The normalized spacial score (nSPS) is 24.0. The molecule has 2 N–H and O–H groups in total. The second-order valence-corrected chi connectivity index (χ2v) is 4.11. The number of piperidine rings is 1. The van der Waals surface area contributed by atoms with Crippen molar-refractivity contribution in [3.8, 4) is 0 Å². The van der Waals surface area contributed by atoms with Gasteiger partial charge in [-0.3, -0.25) is 0 Å². The van der Waals surface area contributed by atoms with E-state index in [0.717, 1.165) is 13.1 Å². The molecule has 0 saturated carbocycles. The van der Waals surface area contributed by atoms with Crippen molar-refractivity contribution in [2.45, 2.75) is 45.2 Å². The van der Waals surface area contributed by atoms with Crippen molar-refractivity contribution in [2.75, 3.05) is 13.1 Å². The second-order valence-electron chi connectivity index (χ2n) is 4.11. The highest BCUT2D eigenvalue weighted by atomic mass is 15.0. The molecule has 0 aromatic heterocycles. The largest absolute Gasteiger partial charge is 0.317 e. The Bertz CT molecular complexity index is 115. The Hall–Kier alpha value is -0.0800. The van der Waals surface area contributed by atoms with Gasteiger partial charge < -0.3 is 10.6 Å². The van der Waals surface area contributed by atoms with Crippen LogP contribution >= 0.6 is 0 Å². The summed E-state index contributed by atoms with van der Waals surface area (Å²) in [5, 5.41) is 6.99. The molecule has 11 heavy (non-hydrogen) atoms. The summed E-state index contributed by atoms with van der Waals surface area (Å²) in [6, 6.07) is 0.609. The number of rotatable bonds is 2. The molecule has 0 radical (unpaired) electrons. The van der Waals surface area contributed by atoms with Crippen molar-refractivity contribution in [1.29, 1.82) is 0 Å². The van der Waals surface area contributed by atoms with E-state index in [-0.39, 0.29) is 0 Å². The highest BCUT2D eigenvalue weighted by molar-refractivity contribution is 4.88. The topological polar surface area (TPSA) is 24.1 Å². The lowest BCUT2D eigenvalue weighted by Gasteiger charge is -2.36. The van der Waals surface area contributed by atoms with E-state index in [1.165, 1.54) is 12.8 Å². The van der Waals surface area contributed by atoms with Gasteiger partial charge in [0.25, 0.3) is 0 Å². The first-order valence-corrected chi connectivity index (χ1v) is 4.61. The summed E-state index contributed by atoms with van der Waals surface area (Å²) >= 11 is 0. The molecule has 1 heterocycles. The van der Waals surface area contributed by atoms with Gasteiger partial charge in [-0.2, -0.15) is 0 Å². The van der Waals surface area contributed by atoms with E-state index in [1.807, 2.05) is 0 Å². The Kier molecular flexibility index (Phi) is 2.90. The molecular weight excluding hydrogens is 136 g/mol. The molecule has 1 aliphatic heterocycles. The summed E-state index contributed by atoms with van der Waals surface area (Å²) in [6.45, 7) is 9.08. The number of nitrogens with one attached hydrogen (secondary N) is 2. The molecule has 0 aliphatic carbocycles. The van der Waals surface area contributed by atoms with Crippen molar-refractivity contribution in [3.05, 3.63) is 0 Å². The zero-order chi connectivity index (χ0) is 8.32. The lowest BCUT2D eigenvalue weighted by atomic mass is 9.90. The SMILES string of the molecule is CC(C)NC1(C)CCNCC1. The van der Waals surface area contributed by atoms with Gasteiger partial charge in [0.1, 0.15) is 0 Å². The Morgan fingerprint density at radius 3 is 2.27 bits per heavy atom. The first-order valence-electron chi connectivity index (χ1n) is 4.61. The van der Waals surface area contributed by atoms with Crippen LogP contribution in [0, 0.1) is 0 Å². The van der Waals surface area contributed by atoms with Crippen LogP contribution in [0.1, 0.15) is 33.6 Å². The quantitative estimate of drug-likeness (QED) is 0.626. The fourth-order valence-corrected chi connectivity index (χ4v) is 1.82. The lowest BCUT2D eigenvalue weighted by molar-refractivity contribution is 0.249. The maximum atomic E-state index is 3.62. The maximum Gasteiger partial charge on any atom is 0.0179 e. The number of hydrogen-bond donors (Lipinski definition) is 2. The molecular formula is C9H20N2. The molecule has 1 rings (SSSR count). The third kappa shape index (κ3) is 2.80. The van der Waals surface area contributed by atoms with Crippen LogP contribution < -0.4 is 10.6 Å². The van der Waals surface area contributed by atoms with Gasteiger partial charge >= 0.3 is 0 Å². The lowest BCUT2D eigenvalue weighted by Crippen LogP contribution is -2.52. The molecule has 0 aromatic rings. The molecule has 0 atom stereocenters. The molecule has 0 amide bonds. The van der Waals surface area contributed by atoms with E-state index in [1.54, 1.807) is 0 Å². The van der Waals surface area contributed by atoms with E-state index in [0.29, 0.717) is 11.6 Å². The summed E-state index contributed by atoms with van der Waals surface area (Å²) in [5.74, 6) is 0. The minimum Gasteiger partial charge on any atom is -0.317 e. The van der Waals surface area contributed by atoms with Crippen LogP contribution in [0.25, 0.3) is 0 Å². The predicted molar refractivity (Wildman–Crippen MR) is 48.8 cm³/mol. The Morgan fingerprint density at radius 2 is 1.82 bits per heavy atom. The second kappa shape index (κ2) is 3.55. The molecule has 1 fully saturated rings. The Balaban J connectivity index is 2.37. The number of hydrogen-bond acceptors (Lipinski definition) is 2. The van der Waals surface area contributed by atoms with Gasteiger partial charge in [0.05, 0.1) is 0 Å². The van der Waals surface area contributed by atoms with Crippen LogP contribution in [0.15, 0.2) is 0 Å². The van der Waals surface area contributed by atoms with E-state index in [2.05, 4.69) is 31.4 Å². The van der Waals surface area contributed by atoms with Crippen LogP contribution in [0.2, 0.25) is 0 Å². The maximum absolute atomic E-state index is 3.62. The third-order valence-electron chi connectivity index (χ3n) is 2.34. The van der Waals surface area contributed by atoms with Gasteiger partial charge in [-0.1, -0.05) is 13.8 Å². The van der Waals surface area contributed by atoms with Crippen LogP contribution in [0.4, 0.5) is 0 Å². The fraction of sp³-hybridized carbons (Fsp3) is 1.00. The molecule has 0 spiro atoms. The summed E-state index contributed by atoms with van der Waals surface area (Å²) in [6.07, 6.45) is 2.51. The van der Waals surface area contributed by atoms with Crippen molar-refractivity contribution < 1.29 is 0 Å². The zero-order valence-corrected chi connectivity index (χ0v) is 7.91. The van der Waals surface area contributed by atoms with Gasteiger partial charge in [0.15, 0.2) is 0 Å². The van der Waals surface area contributed by atoms with Crippen molar-refractivity contribution in [1.82, 2.24) is 10.6 Å². The van der Waals surface area contributed by atoms with Gasteiger partial charge in [0.2, 0.25) is 0 Å². The molecule has 0 unspecified atom stereocenters. The van der Waals surface area contributed by atoms with Crippen molar-refractivity contribution in [3.63, 3.8) is 0 Å². The zero-order valence-electron chi connectivity index (χ0n) is 7.91. The average molecular weight is 156 g/mol. The smallest absolute Gasteiger partial charge is 0.0179 e. The highest BCUT2D eigenvalue weighted by Crippen LogP contribution is 2.17. The van der Waals surface area contributed by atoms with E-state index < -0.39 is 0 Å². The molecule has 66 valence electrons. The summed E-state index contributed by atoms with van der Waals surface area (Å²) in [7, 11) is 0. The first-order chi connectivity index (χ1) is 5.12. The molecule has 0 aromatic carbocycles. The van der Waals surface area contributed by atoms with Crippen LogP contribution in [0.5, 0.6) is 0 Å². The molecule has 2 heteroatoms. The molecule has 2 nitrogen and oxygen atoms in total. The van der Waals surface area contributed by atoms with Crippen LogP contribution in [-0.4, -0.2) is 24.7 Å². The minimum absolute atomic E-state index is 0.388. The average Bonchev–Trinajstić information content (AvgIpc) is 1.85. The van der Waals surface area contributed by atoms with Gasteiger partial charge in [-0.15, -0.1) is 0 Å². The fourth-order valence-electron chi connectivity index (χ4n) is 1.82. The highest BCUT2D eigenvalue weighted by Gasteiger charge is 2.26. The van der Waals surface area contributed by atoms with E-state index >= 15 is 0 Å². The monoisotopic (exact) mass is 156 g/mol. The Labute approximate surface area is 69.8 Å². The molecule has 1 saturated heterocycles. The first kappa shape index (κ1) is 9.01. The van der Waals surface area contributed by atoms with E-state index in [4.69, 9.17) is 0 Å². The van der Waals surface area contributed by atoms with Crippen LogP contribution in [0.3, 0.4) is 0 Å². The summed E-state index contributed by atoms with van der Waals surface area (Å²) < 4.78 is 0. The molecule has 1 aliphatic rings. The van der Waals surface area contributed by atoms with Crippen molar-refractivity contribution in [2.24, 2.45) is 0 Å². The van der Waals surface area contributed by atoms with Gasteiger partial charge in [-0.05, 0) is 32.9 Å². The van der Waals surface area contributed by atoms with Gasteiger partial charge in [-0.25, -0.2) is 0 Å². The predicted octanol–water partition coefficient (Wildman–Crippen LogP) is 1.13. The summed E-state index contributed by atoms with van der Waals surface area (Å²) in [5.41, 5.74) is 0.388. The third-order valence-corrected chi connectivity index (χ3v) is 2.34. The minimum atomic E-state index is 0.388.